The number of nitrogen functional groups attached to an aromatic ring is 1. The third-order valence-corrected chi connectivity index (χ3v) is 5.60. The van der Waals surface area contributed by atoms with Crippen LogP contribution in [0.2, 0.25) is 0 Å². The minimum atomic E-state index is -3.47. The molecule has 1 heterocycles. The molecule has 0 amide bonds. The predicted molar refractivity (Wildman–Crippen MR) is 74.5 cm³/mol. The number of ether oxygens (including phenoxy) is 1. The van der Waals surface area contributed by atoms with Gasteiger partial charge in [0.1, 0.15) is 0 Å². The maximum absolute atomic E-state index is 12.5. The summed E-state index contributed by atoms with van der Waals surface area (Å²) in [4.78, 5) is 0.268. The van der Waals surface area contributed by atoms with Crippen LogP contribution in [-0.4, -0.2) is 39.0 Å². The zero-order chi connectivity index (χ0) is 14.2. The molecule has 1 aromatic rings. The van der Waals surface area contributed by atoms with Crippen molar-refractivity contribution >= 4 is 15.7 Å². The SMILES string of the molecule is COC1CCN(S(=O)(=O)c2cc(C)c(C)c(N)c2)C1. The molecule has 0 aliphatic carbocycles. The standard InChI is InChI=1S/C13H20N2O3S/c1-9-6-12(7-13(14)10(9)2)19(16,17)15-5-4-11(8-15)18-3/h6-7,11H,4-5,8,14H2,1-3H3. The minimum Gasteiger partial charge on any atom is -0.398 e. The summed E-state index contributed by atoms with van der Waals surface area (Å²) in [5, 5.41) is 0. The van der Waals surface area contributed by atoms with E-state index in [-0.39, 0.29) is 11.0 Å². The van der Waals surface area contributed by atoms with Gasteiger partial charge in [-0.15, -0.1) is 0 Å². The van der Waals surface area contributed by atoms with Crippen LogP contribution in [0.4, 0.5) is 5.69 Å². The Kier molecular flexibility index (Phi) is 3.85. The van der Waals surface area contributed by atoms with Crippen LogP contribution in [0.25, 0.3) is 0 Å². The average Bonchev–Trinajstić information content (AvgIpc) is 2.84. The van der Waals surface area contributed by atoms with Gasteiger partial charge in [-0.2, -0.15) is 4.31 Å². The van der Waals surface area contributed by atoms with Crippen molar-refractivity contribution in [2.75, 3.05) is 25.9 Å². The van der Waals surface area contributed by atoms with Crippen molar-refractivity contribution in [3.8, 4) is 0 Å². The van der Waals surface area contributed by atoms with Gasteiger partial charge in [-0.25, -0.2) is 8.42 Å². The predicted octanol–water partition coefficient (Wildman–Crippen LogP) is 1.30. The van der Waals surface area contributed by atoms with Gasteiger partial charge >= 0.3 is 0 Å². The van der Waals surface area contributed by atoms with Crippen LogP contribution in [-0.2, 0) is 14.8 Å². The highest BCUT2D eigenvalue weighted by molar-refractivity contribution is 7.89. The van der Waals surface area contributed by atoms with Crippen LogP contribution < -0.4 is 5.73 Å². The topological polar surface area (TPSA) is 72.6 Å². The molecule has 2 N–H and O–H groups in total. The van der Waals surface area contributed by atoms with Gasteiger partial charge in [-0.3, -0.25) is 0 Å². The van der Waals surface area contributed by atoms with Crippen molar-refractivity contribution in [3.63, 3.8) is 0 Å². The van der Waals surface area contributed by atoms with Crippen LogP contribution in [0.5, 0.6) is 0 Å². The molecule has 6 heteroatoms. The first-order valence-corrected chi connectivity index (χ1v) is 7.70. The van der Waals surface area contributed by atoms with Crippen molar-refractivity contribution in [1.82, 2.24) is 4.31 Å². The Labute approximate surface area is 114 Å². The van der Waals surface area contributed by atoms with Crippen LogP contribution in [0, 0.1) is 13.8 Å². The molecular weight excluding hydrogens is 264 g/mol. The van der Waals surface area contributed by atoms with Gasteiger partial charge in [0, 0.05) is 25.9 Å². The first-order valence-electron chi connectivity index (χ1n) is 6.26. The third kappa shape index (κ3) is 2.61. The molecule has 0 spiro atoms. The average molecular weight is 284 g/mol. The highest BCUT2D eigenvalue weighted by Gasteiger charge is 2.32. The summed E-state index contributed by atoms with van der Waals surface area (Å²) in [5.74, 6) is 0. The summed E-state index contributed by atoms with van der Waals surface area (Å²) in [7, 11) is -1.86. The van der Waals surface area contributed by atoms with Crippen LogP contribution >= 0.6 is 0 Å². The van der Waals surface area contributed by atoms with Gasteiger partial charge in [-0.05, 0) is 43.5 Å². The lowest BCUT2D eigenvalue weighted by Gasteiger charge is -2.17. The van der Waals surface area contributed by atoms with Crippen LogP contribution in [0.3, 0.4) is 0 Å². The van der Waals surface area contributed by atoms with E-state index in [1.54, 1.807) is 13.2 Å². The lowest BCUT2D eigenvalue weighted by molar-refractivity contribution is 0.115. The van der Waals surface area contributed by atoms with Gasteiger partial charge in [0.25, 0.3) is 0 Å². The summed E-state index contributed by atoms with van der Waals surface area (Å²) in [6.45, 7) is 4.66. The Hall–Kier alpha value is -1.11. The molecule has 0 bridgehead atoms. The Morgan fingerprint density at radius 1 is 1.37 bits per heavy atom. The molecule has 1 saturated heterocycles. The second kappa shape index (κ2) is 5.11. The van der Waals surface area contributed by atoms with E-state index in [1.807, 2.05) is 13.8 Å². The van der Waals surface area contributed by atoms with Crippen molar-refractivity contribution in [1.29, 1.82) is 0 Å². The Morgan fingerprint density at radius 3 is 2.58 bits per heavy atom. The van der Waals surface area contributed by atoms with Crippen molar-refractivity contribution < 1.29 is 13.2 Å². The molecule has 1 atom stereocenters. The van der Waals surface area contributed by atoms with E-state index in [9.17, 15) is 8.42 Å². The van der Waals surface area contributed by atoms with Crippen LogP contribution in [0.15, 0.2) is 17.0 Å². The first-order chi connectivity index (χ1) is 8.86. The van der Waals surface area contributed by atoms with E-state index in [2.05, 4.69) is 0 Å². The van der Waals surface area contributed by atoms with Gasteiger partial charge in [0.2, 0.25) is 10.0 Å². The summed E-state index contributed by atoms with van der Waals surface area (Å²) >= 11 is 0. The zero-order valence-corrected chi connectivity index (χ0v) is 12.3. The molecule has 2 rings (SSSR count). The van der Waals surface area contributed by atoms with Crippen molar-refractivity contribution in [2.45, 2.75) is 31.3 Å². The van der Waals surface area contributed by atoms with Crippen molar-refractivity contribution in [2.24, 2.45) is 0 Å². The summed E-state index contributed by atoms with van der Waals surface area (Å²) in [5.41, 5.74) is 8.19. The third-order valence-electron chi connectivity index (χ3n) is 3.76. The lowest BCUT2D eigenvalue weighted by Crippen LogP contribution is -2.30. The summed E-state index contributed by atoms with van der Waals surface area (Å²) in [6, 6.07) is 3.22. The number of methoxy groups -OCH3 is 1. The second-order valence-electron chi connectivity index (χ2n) is 4.96. The normalized spacial score (nSPS) is 20.9. The number of aryl methyl sites for hydroxylation is 1. The highest BCUT2D eigenvalue weighted by atomic mass is 32.2. The molecule has 0 saturated carbocycles. The molecule has 0 aromatic heterocycles. The largest absolute Gasteiger partial charge is 0.398 e. The van der Waals surface area contributed by atoms with E-state index in [0.29, 0.717) is 18.8 Å². The van der Waals surface area contributed by atoms with Gasteiger partial charge in [0.15, 0.2) is 0 Å². The fourth-order valence-corrected chi connectivity index (χ4v) is 3.87. The van der Waals surface area contributed by atoms with E-state index in [0.717, 1.165) is 17.5 Å². The zero-order valence-electron chi connectivity index (χ0n) is 11.5. The monoisotopic (exact) mass is 284 g/mol. The molecule has 1 fully saturated rings. The number of nitrogens with zero attached hydrogens (tertiary/aromatic N) is 1. The maximum Gasteiger partial charge on any atom is 0.243 e. The molecular formula is C13H20N2O3S. The summed E-state index contributed by atoms with van der Waals surface area (Å²) in [6.07, 6.45) is 0.717. The number of nitrogens with two attached hydrogens (primary N) is 1. The van der Waals surface area contributed by atoms with E-state index in [4.69, 9.17) is 10.5 Å². The molecule has 1 aliphatic rings. The highest BCUT2D eigenvalue weighted by Crippen LogP contribution is 2.26. The quantitative estimate of drug-likeness (QED) is 0.849. The second-order valence-corrected chi connectivity index (χ2v) is 6.90. The molecule has 1 unspecified atom stereocenters. The summed E-state index contributed by atoms with van der Waals surface area (Å²) < 4.78 is 31.7. The molecule has 1 aromatic carbocycles. The van der Waals surface area contributed by atoms with E-state index >= 15 is 0 Å². The Bertz CT molecular complexity index is 561. The fourth-order valence-electron chi connectivity index (χ4n) is 2.26. The van der Waals surface area contributed by atoms with Crippen molar-refractivity contribution in [3.05, 3.63) is 23.3 Å². The number of anilines is 1. The number of benzene rings is 1. The Morgan fingerprint density at radius 2 is 2.05 bits per heavy atom. The number of hydrogen-bond donors (Lipinski definition) is 1. The first kappa shape index (κ1) is 14.3. The van der Waals surface area contributed by atoms with Gasteiger partial charge in [-0.1, -0.05) is 0 Å². The smallest absolute Gasteiger partial charge is 0.243 e. The number of sulfonamides is 1. The van der Waals surface area contributed by atoms with E-state index < -0.39 is 10.0 Å². The molecule has 1 aliphatic heterocycles. The molecule has 0 radical (unpaired) electrons. The molecule has 106 valence electrons. The number of hydrogen-bond acceptors (Lipinski definition) is 4. The molecule has 19 heavy (non-hydrogen) atoms. The minimum absolute atomic E-state index is 0.0151. The van der Waals surface area contributed by atoms with Crippen LogP contribution in [0.1, 0.15) is 17.5 Å². The Balaban J connectivity index is 2.35. The maximum atomic E-state index is 12.5. The van der Waals surface area contributed by atoms with Gasteiger partial charge < -0.3 is 10.5 Å². The number of rotatable bonds is 3. The fraction of sp³-hybridized carbons (Fsp3) is 0.538. The lowest BCUT2D eigenvalue weighted by atomic mass is 10.1. The molecule has 5 nitrogen and oxygen atoms in total. The van der Waals surface area contributed by atoms with E-state index in [1.165, 1.54) is 10.4 Å². The van der Waals surface area contributed by atoms with Gasteiger partial charge in [0.05, 0.1) is 11.0 Å².